The molecule has 0 saturated carbocycles. The number of nitrogens with one attached hydrogen (secondary N) is 1. The van der Waals surface area contributed by atoms with Crippen LogP contribution in [0.15, 0.2) is 0 Å². The Morgan fingerprint density at radius 1 is 1.70 bits per heavy atom. The van der Waals surface area contributed by atoms with Crippen LogP contribution in [-0.4, -0.2) is 33.1 Å². The predicted octanol–water partition coefficient (Wildman–Crippen LogP) is 0.216. The maximum Gasteiger partial charge on any atom is 0.0965 e. The Morgan fingerprint density at radius 2 is 2.60 bits per heavy atom. The minimum atomic E-state index is 0.550. The van der Waals surface area contributed by atoms with Crippen molar-refractivity contribution in [2.24, 2.45) is 5.92 Å². The molecule has 0 radical (unpaired) electrons. The highest BCUT2D eigenvalue weighted by Crippen LogP contribution is 2.00. The van der Waals surface area contributed by atoms with Crippen LogP contribution in [0.2, 0.25) is 0 Å². The van der Waals surface area contributed by atoms with Crippen LogP contribution in [-0.2, 0) is 9.47 Å². The van der Waals surface area contributed by atoms with Gasteiger partial charge in [0.15, 0.2) is 0 Å². The second kappa shape index (κ2) is 4.66. The Labute approximate surface area is 61.7 Å². The molecule has 1 saturated heterocycles. The zero-order valence-corrected chi connectivity index (χ0v) is 6.43. The molecule has 0 aromatic rings. The molecular weight excluding hydrogens is 130 g/mol. The van der Waals surface area contributed by atoms with Crippen molar-refractivity contribution in [1.29, 1.82) is 0 Å². The molecule has 1 atom stereocenters. The van der Waals surface area contributed by atoms with E-state index in [0.717, 1.165) is 26.4 Å². The van der Waals surface area contributed by atoms with Crippen LogP contribution >= 0.6 is 0 Å². The molecule has 0 spiro atoms. The number of hydrogen-bond acceptors (Lipinski definition) is 3. The van der Waals surface area contributed by atoms with E-state index in [1.54, 1.807) is 0 Å². The smallest absolute Gasteiger partial charge is 0.0965 e. The molecule has 1 aliphatic heterocycles. The fourth-order valence-electron chi connectivity index (χ4n) is 1.01. The van der Waals surface area contributed by atoms with Crippen molar-refractivity contribution in [3.05, 3.63) is 0 Å². The standard InChI is InChI=1S/C7H15NO2/c1-2-9-4-7-3-8-6-10-5-7/h7-8H,2-6H2,1H3. The molecule has 1 aliphatic rings. The van der Waals surface area contributed by atoms with Gasteiger partial charge in [-0.15, -0.1) is 0 Å². The van der Waals surface area contributed by atoms with Crippen molar-refractivity contribution in [2.45, 2.75) is 6.92 Å². The van der Waals surface area contributed by atoms with Gasteiger partial charge in [0.05, 0.1) is 19.9 Å². The zero-order chi connectivity index (χ0) is 7.23. The van der Waals surface area contributed by atoms with Gasteiger partial charge in [-0.25, -0.2) is 0 Å². The summed E-state index contributed by atoms with van der Waals surface area (Å²) in [5, 5.41) is 3.14. The summed E-state index contributed by atoms with van der Waals surface area (Å²) < 4.78 is 10.4. The molecular formula is C7H15NO2. The molecule has 10 heavy (non-hydrogen) atoms. The minimum absolute atomic E-state index is 0.550. The largest absolute Gasteiger partial charge is 0.381 e. The molecule has 0 aromatic heterocycles. The van der Waals surface area contributed by atoms with Crippen molar-refractivity contribution in [3.63, 3.8) is 0 Å². The fraction of sp³-hybridized carbons (Fsp3) is 1.00. The third kappa shape index (κ3) is 2.64. The lowest BCUT2D eigenvalue weighted by molar-refractivity contribution is 0.00484. The first-order valence-electron chi connectivity index (χ1n) is 3.79. The first-order valence-corrected chi connectivity index (χ1v) is 3.79. The average molecular weight is 145 g/mol. The minimum Gasteiger partial charge on any atom is -0.381 e. The van der Waals surface area contributed by atoms with Crippen molar-refractivity contribution in [2.75, 3.05) is 33.1 Å². The molecule has 0 bridgehead atoms. The quantitative estimate of drug-likeness (QED) is 0.616. The van der Waals surface area contributed by atoms with E-state index in [-0.39, 0.29) is 0 Å². The van der Waals surface area contributed by atoms with E-state index in [9.17, 15) is 0 Å². The van der Waals surface area contributed by atoms with E-state index in [1.165, 1.54) is 0 Å². The third-order valence-electron chi connectivity index (χ3n) is 1.55. The Morgan fingerprint density at radius 3 is 3.20 bits per heavy atom. The van der Waals surface area contributed by atoms with Gasteiger partial charge in [-0.1, -0.05) is 0 Å². The number of ether oxygens (including phenoxy) is 2. The van der Waals surface area contributed by atoms with E-state index in [4.69, 9.17) is 9.47 Å². The van der Waals surface area contributed by atoms with Gasteiger partial charge in [-0.3, -0.25) is 5.32 Å². The molecule has 1 heterocycles. The van der Waals surface area contributed by atoms with Crippen molar-refractivity contribution in [1.82, 2.24) is 5.32 Å². The van der Waals surface area contributed by atoms with Crippen LogP contribution in [0.5, 0.6) is 0 Å². The van der Waals surface area contributed by atoms with Crippen LogP contribution in [0.1, 0.15) is 6.92 Å². The fourth-order valence-corrected chi connectivity index (χ4v) is 1.01. The molecule has 60 valence electrons. The van der Waals surface area contributed by atoms with Gasteiger partial charge in [0, 0.05) is 19.1 Å². The number of hydrogen-bond donors (Lipinski definition) is 1. The van der Waals surface area contributed by atoms with Gasteiger partial charge in [0.2, 0.25) is 0 Å². The highest BCUT2D eigenvalue weighted by Gasteiger charge is 2.12. The summed E-state index contributed by atoms with van der Waals surface area (Å²) >= 11 is 0. The first kappa shape index (κ1) is 7.98. The summed E-state index contributed by atoms with van der Waals surface area (Å²) in [6, 6.07) is 0. The molecule has 1 fully saturated rings. The normalized spacial score (nSPS) is 26.7. The van der Waals surface area contributed by atoms with Gasteiger partial charge in [0.1, 0.15) is 0 Å². The van der Waals surface area contributed by atoms with Gasteiger partial charge in [-0.2, -0.15) is 0 Å². The molecule has 0 aliphatic carbocycles. The van der Waals surface area contributed by atoms with Crippen LogP contribution in [0.25, 0.3) is 0 Å². The SMILES string of the molecule is CCOCC1CNCOC1. The Bertz CT molecular complexity index is 81.7. The maximum atomic E-state index is 5.25. The summed E-state index contributed by atoms with van der Waals surface area (Å²) in [6.07, 6.45) is 0. The topological polar surface area (TPSA) is 30.5 Å². The van der Waals surface area contributed by atoms with E-state index < -0.39 is 0 Å². The molecule has 1 rings (SSSR count). The molecule has 1 unspecified atom stereocenters. The lowest BCUT2D eigenvalue weighted by atomic mass is 10.1. The lowest BCUT2D eigenvalue weighted by Gasteiger charge is -2.22. The van der Waals surface area contributed by atoms with E-state index in [2.05, 4.69) is 5.32 Å². The van der Waals surface area contributed by atoms with E-state index >= 15 is 0 Å². The van der Waals surface area contributed by atoms with Crippen LogP contribution in [0.4, 0.5) is 0 Å². The summed E-state index contributed by atoms with van der Waals surface area (Å²) in [5.74, 6) is 0.550. The lowest BCUT2D eigenvalue weighted by Crippen LogP contribution is -2.37. The molecule has 1 N–H and O–H groups in total. The van der Waals surface area contributed by atoms with Crippen LogP contribution < -0.4 is 5.32 Å². The van der Waals surface area contributed by atoms with Crippen LogP contribution in [0, 0.1) is 5.92 Å². The van der Waals surface area contributed by atoms with Gasteiger partial charge < -0.3 is 9.47 Å². The first-order chi connectivity index (χ1) is 4.93. The molecule has 0 aromatic carbocycles. The van der Waals surface area contributed by atoms with Crippen molar-refractivity contribution >= 4 is 0 Å². The Hall–Kier alpha value is -0.120. The molecule has 3 nitrogen and oxygen atoms in total. The summed E-state index contributed by atoms with van der Waals surface area (Å²) in [6.45, 7) is 6.20. The molecule has 0 amide bonds. The highest BCUT2D eigenvalue weighted by atomic mass is 16.5. The monoisotopic (exact) mass is 145 g/mol. The maximum absolute atomic E-state index is 5.25. The Kier molecular flexibility index (Phi) is 3.72. The second-order valence-electron chi connectivity index (χ2n) is 2.49. The van der Waals surface area contributed by atoms with Gasteiger partial charge in [-0.05, 0) is 6.92 Å². The van der Waals surface area contributed by atoms with Crippen LogP contribution in [0.3, 0.4) is 0 Å². The number of rotatable bonds is 3. The van der Waals surface area contributed by atoms with E-state index in [1.807, 2.05) is 6.92 Å². The van der Waals surface area contributed by atoms with Gasteiger partial charge in [0.25, 0.3) is 0 Å². The Balaban J connectivity index is 2.02. The summed E-state index contributed by atoms with van der Waals surface area (Å²) in [4.78, 5) is 0. The van der Waals surface area contributed by atoms with E-state index in [0.29, 0.717) is 12.6 Å². The van der Waals surface area contributed by atoms with Gasteiger partial charge >= 0.3 is 0 Å². The average Bonchev–Trinajstić information content (AvgIpc) is 2.03. The van der Waals surface area contributed by atoms with Crippen molar-refractivity contribution in [3.8, 4) is 0 Å². The second-order valence-corrected chi connectivity index (χ2v) is 2.49. The third-order valence-corrected chi connectivity index (χ3v) is 1.55. The molecule has 3 heteroatoms. The van der Waals surface area contributed by atoms with Crippen molar-refractivity contribution < 1.29 is 9.47 Å². The highest BCUT2D eigenvalue weighted by molar-refractivity contribution is 4.62. The summed E-state index contributed by atoms with van der Waals surface area (Å²) in [7, 11) is 0. The summed E-state index contributed by atoms with van der Waals surface area (Å²) in [5.41, 5.74) is 0. The predicted molar refractivity (Wildman–Crippen MR) is 38.8 cm³/mol. The zero-order valence-electron chi connectivity index (χ0n) is 6.43.